The van der Waals surface area contributed by atoms with E-state index in [0.717, 1.165) is 39.0 Å². The molecule has 2 aliphatic heterocycles. The lowest BCUT2D eigenvalue weighted by Gasteiger charge is -2.47. The van der Waals surface area contributed by atoms with Crippen molar-refractivity contribution in [3.8, 4) is 0 Å². The van der Waals surface area contributed by atoms with Gasteiger partial charge in [-0.2, -0.15) is 0 Å². The molecule has 0 N–H and O–H groups in total. The predicted molar refractivity (Wildman–Crippen MR) is 113 cm³/mol. The van der Waals surface area contributed by atoms with Gasteiger partial charge in [0.1, 0.15) is 5.15 Å². The van der Waals surface area contributed by atoms with Crippen molar-refractivity contribution in [3.05, 3.63) is 71.0 Å². The summed E-state index contributed by atoms with van der Waals surface area (Å²) in [4.78, 5) is 21.6. The number of hydrogen-bond donors (Lipinski definition) is 0. The van der Waals surface area contributed by atoms with Crippen LogP contribution in [0.4, 0.5) is 0 Å². The van der Waals surface area contributed by atoms with Crippen LogP contribution in [0.2, 0.25) is 5.15 Å². The number of halogens is 1. The summed E-state index contributed by atoms with van der Waals surface area (Å²) in [6.45, 7) is 3.89. The van der Waals surface area contributed by atoms with Gasteiger partial charge < -0.3 is 4.90 Å². The fraction of sp³-hybridized carbons (Fsp3) is 0.391. The number of carbonyl (C=O) groups excluding carboxylic acids is 1. The molecule has 146 valence electrons. The summed E-state index contributed by atoms with van der Waals surface area (Å²) < 4.78 is 0. The summed E-state index contributed by atoms with van der Waals surface area (Å²) in [6.07, 6.45) is 9.35. The molecule has 0 aliphatic carbocycles. The van der Waals surface area contributed by atoms with Gasteiger partial charge in [-0.05, 0) is 42.9 Å². The summed E-state index contributed by atoms with van der Waals surface area (Å²) in [7, 11) is 0. The molecule has 3 heterocycles. The fourth-order valence-corrected chi connectivity index (χ4v) is 4.67. The van der Waals surface area contributed by atoms with Crippen molar-refractivity contribution in [2.45, 2.75) is 25.3 Å². The minimum atomic E-state index is 0.0939. The first-order valence-corrected chi connectivity index (χ1v) is 10.4. The number of fused-ring (bicyclic) bond motifs is 1. The number of aromatic nitrogens is 1. The van der Waals surface area contributed by atoms with E-state index in [9.17, 15) is 4.79 Å². The average molecular weight is 396 g/mol. The molecular formula is C23H26ClN3O. The van der Waals surface area contributed by atoms with Crippen LogP contribution in [-0.4, -0.2) is 52.9 Å². The molecule has 4 rings (SSSR count). The standard InChI is InChI=1S/C23H26ClN3O/c24-22-16-19(10-12-25-22)23(28)27-14-5-9-20-17-26(15-11-21(20)27)13-4-8-18-6-2-1-3-7-18/h1-4,6-8,10,12,16,20-21H,5,9,11,13-15,17H2/b8-4+/t20-,21-/m1/s1. The number of piperidine rings is 2. The van der Waals surface area contributed by atoms with E-state index in [0.29, 0.717) is 22.7 Å². The molecular weight excluding hydrogens is 370 g/mol. The Labute approximate surface area is 171 Å². The SMILES string of the molecule is O=C(c1ccnc(Cl)c1)N1CCC[C@@H]2CN(C/C=C/c3ccccc3)CC[C@H]21. The average Bonchev–Trinajstić information content (AvgIpc) is 2.73. The van der Waals surface area contributed by atoms with Crippen molar-refractivity contribution < 1.29 is 4.79 Å². The van der Waals surface area contributed by atoms with E-state index in [-0.39, 0.29) is 5.91 Å². The smallest absolute Gasteiger partial charge is 0.254 e. The van der Waals surface area contributed by atoms with Crippen molar-refractivity contribution in [1.82, 2.24) is 14.8 Å². The Bertz CT molecular complexity index is 839. The van der Waals surface area contributed by atoms with Gasteiger partial charge in [-0.3, -0.25) is 9.69 Å². The second-order valence-corrected chi connectivity index (χ2v) is 8.08. The molecule has 0 saturated carbocycles. The number of benzene rings is 1. The van der Waals surface area contributed by atoms with Crippen molar-refractivity contribution >= 4 is 23.6 Å². The molecule has 0 bridgehead atoms. The number of nitrogens with zero attached hydrogens (tertiary/aromatic N) is 3. The molecule has 2 saturated heterocycles. The molecule has 4 nitrogen and oxygen atoms in total. The topological polar surface area (TPSA) is 36.4 Å². The highest BCUT2D eigenvalue weighted by atomic mass is 35.5. The second kappa shape index (κ2) is 8.89. The maximum absolute atomic E-state index is 13.0. The van der Waals surface area contributed by atoms with Crippen LogP contribution in [0, 0.1) is 5.92 Å². The van der Waals surface area contributed by atoms with Crippen molar-refractivity contribution in [2.75, 3.05) is 26.2 Å². The summed E-state index contributed by atoms with van der Waals surface area (Å²) >= 11 is 5.98. The lowest BCUT2D eigenvalue weighted by molar-refractivity contribution is 0.0226. The van der Waals surface area contributed by atoms with Crippen LogP contribution in [0.1, 0.15) is 35.2 Å². The molecule has 2 aromatic rings. The van der Waals surface area contributed by atoms with E-state index in [4.69, 9.17) is 11.6 Å². The third kappa shape index (κ3) is 4.45. The minimum Gasteiger partial charge on any atom is -0.335 e. The molecule has 0 radical (unpaired) electrons. The Morgan fingerprint density at radius 2 is 2.04 bits per heavy atom. The van der Waals surface area contributed by atoms with E-state index in [1.54, 1.807) is 18.3 Å². The Morgan fingerprint density at radius 3 is 2.86 bits per heavy atom. The van der Waals surface area contributed by atoms with Gasteiger partial charge >= 0.3 is 0 Å². The molecule has 5 heteroatoms. The molecule has 1 aromatic heterocycles. The van der Waals surface area contributed by atoms with Crippen LogP contribution >= 0.6 is 11.6 Å². The summed E-state index contributed by atoms with van der Waals surface area (Å²) in [5.41, 5.74) is 1.89. The molecule has 2 aliphatic rings. The molecule has 28 heavy (non-hydrogen) atoms. The largest absolute Gasteiger partial charge is 0.335 e. The summed E-state index contributed by atoms with van der Waals surface area (Å²) in [6, 6.07) is 14.2. The number of likely N-dealkylation sites (tertiary alicyclic amines) is 2. The monoisotopic (exact) mass is 395 g/mol. The van der Waals surface area contributed by atoms with Crippen molar-refractivity contribution in [3.63, 3.8) is 0 Å². The van der Waals surface area contributed by atoms with E-state index in [1.165, 1.54) is 12.0 Å². The van der Waals surface area contributed by atoms with Gasteiger partial charge in [0.2, 0.25) is 0 Å². The quantitative estimate of drug-likeness (QED) is 0.721. The number of pyridine rings is 1. The lowest BCUT2D eigenvalue weighted by atomic mass is 9.83. The van der Waals surface area contributed by atoms with Gasteiger partial charge in [0.05, 0.1) is 0 Å². The van der Waals surface area contributed by atoms with E-state index < -0.39 is 0 Å². The second-order valence-electron chi connectivity index (χ2n) is 7.70. The van der Waals surface area contributed by atoms with E-state index in [2.05, 4.69) is 51.2 Å². The van der Waals surface area contributed by atoms with Crippen LogP contribution in [0.25, 0.3) is 6.08 Å². The van der Waals surface area contributed by atoms with Gasteiger partial charge in [0.15, 0.2) is 0 Å². The van der Waals surface area contributed by atoms with Crippen LogP contribution < -0.4 is 0 Å². The Kier molecular flexibility index (Phi) is 6.08. The van der Waals surface area contributed by atoms with Gasteiger partial charge in [-0.15, -0.1) is 0 Å². The maximum atomic E-state index is 13.0. The molecule has 0 spiro atoms. The first kappa shape index (κ1) is 19.2. The number of amides is 1. The van der Waals surface area contributed by atoms with Crippen LogP contribution in [0.5, 0.6) is 0 Å². The number of carbonyl (C=O) groups is 1. The minimum absolute atomic E-state index is 0.0939. The maximum Gasteiger partial charge on any atom is 0.254 e. The number of rotatable bonds is 4. The zero-order valence-electron chi connectivity index (χ0n) is 16.0. The van der Waals surface area contributed by atoms with Crippen molar-refractivity contribution in [2.24, 2.45) is 5.92 Å². The van der Waals surface area contributed by atoms with E-state index in [1.807, 2.05) is 6.07 Å². The molecule has 1 amide bonds. The summed E-state index contributed by atoms with van der Waals surface area (Å²) in [5.74, 6) is 0.644. The zero-order valence-corrected chi connectivity index (χ0v) is 16.8. The van der Waals surface area contributed by atoms with Crippen LogP contribution in [0.15, 0.2) is 54.7 Å². The highest BCUT2D eigenvalue weighted by Crippen LogP contribution is 2.31. The Hall–Kier alpha value is -2.17. The third-order valence-electron chi connectivity index (χ3n) is 5.86. The highest BCUT2D eigenvalue weighted by molar-refractivity contribution is 6.29. The normalized spacial score (nSPS) is 23.0. The lowest BCUT2D eigenvalue weighted by Crippen LogP contribution is -2.55. The Morgan fingerprint density at radius 1 is 1.18 bits per heavy atom. The van der Waals surface area contributed by atoms with Gasteiger partial charge in [0, 0.05) is 44.0 Å². The molecule has 1 aromatic carbocycles. The molecule has 2 atom stereocenters. The Balaban J connectivity index is 1.37. The molecule has 0 unspecified atom stereocenters. The zero-order chi connectivity index (χ0) is 19.3. The van der Waals surface area contributed by atoms with E-state index >= 15 is 0 Å². The predicted octanol–water partition coefficient (Wildman–Crippen LogP) is 4.37. The highest BCUT2D eigenvalue weighted by Gasteiger charge is 2.38. The first-order valence-electron chi connectivity index (χ1n) is 10.1. The summed E-state index contributed by atoms with van der Waals surface area (Å²) in [5, 5.41) is 0.374. The third-order valence-corrected chi connectivity index (χ3v) is 6.07. The first-order chi connectivity index (χ1) is 13.7. The molecule has 2 fully saturated rings. The van der Waals surface area contributed by atoms with Gasteiger partial charge in [0.25, 0.3) is 5.91 Å². The fourth-order valence-electron chi connectivity index (χ4n) is 4.50. The van der Waals surface area contributed by atoms with Crippen molar-refractivity contribution in [1.29, 1.82) is 0 Å². The van der Waals surface area contributed by atoms with Crippen LogP contribution in [-0.2, 0) is 0 Å². The van der Waals surface area contributed by atoms with Gasteiger partial charge in [-0.25, -0.2) is 4.98 Å². The van der Waals surface area contributed by atoms with Crippen LogP contribution in [0.3, 0.4) is 0 Å². The number of hydrogen-bond acceptors (Lipinski definition) is 3. The van der Waals surface area contributed by atoms with Gasteiger partial charge in [-0.1, -0.05) is 54.1 Å².